The quantitative estimate of drug-likeness (QED) is 0.711. The molecule has 1 unspecified atom stereocenters. The van der Waals surface area contributed by atoms with Gasteiger partial charge in [-0.25, -0.2) is 12.7 Å². The molecule has 30 heavy (non-hydrogen) atoms. The molecule has 10 heteroatoms. The van der Waals surface area contributed by atoms with E-state index in [0.29, 0.717) is 45.6 Å². The van der Waals surface area contributed by atoms with Gasteiger partial charge in [0.1, 0.15) is 0 Å². The van der Waals surface area contributed by atoms with Crippen LogP contribution in [0.3, 0.4) is 0 Å². The molecule has 2 aliphatic heterocycles. The lowest BCUT2D eigenvalue weighted by molar-refractivity contribution is -0.138. The molecular formula is C20H28F3N3O3S. The minimum atomic E-state index is -4.34. The van der Waals surface area contributed by atoms with Gasteiger partial charge in [0, 0.05) is 45.8 Å². The van der Waals surface area contributed by atoms with Gasteiger partial charge >= 0.3 is 6.18 Å². The van der Waals surface area contributed by atoms with Crippen molar-refractivity contribution in [3.8, 4) is 0 Å². The minimum absolute atomic E-state index is 0.000250. The van der Waals surface area contributed by atoms with Gasteiger partial charge in [-0.1, -0.05) is 12.1 Å². The van der Waals surface area contributed by atoms with Crippen molar-refractivity contribution in [3.05, 3.63) is 35.4 Å². The first-order chi connectivity index (χ1) is 14.0. The minimum Gasteiger partial charge on any atom is -0.341 e. The number of hydrogen-bond acceptors (Lipinski definition) is 4. The lowest BCUT2D eigenvalue weighted by atomic mass is 9.98. The predicted octanol–water partition coefficient (Wildman–Crippen LogP) is 2.41. The number of carbonyl (C=O) groups excluding carboxylic acids is 1. The van der Waals surface area contributed by atoms with Gasteiger partial charge in [-0.2, -0.15) is 13.2 Å². The number of nitrogens with zero attached hydrogens (tertiary/aromatic N) is 3. The van der Waals surface area contributed by atoms with Crippen LogP contribution >= 0.6 is 0 Å². The molecule has 0 radical (unpaired) electrons. The lowest BCUT2D eigenvalue weighted by Gasteiger charge is -2.33. The summed E-state index contributed by atoms with van der Waals surface area (Å²) in [7, 11) is -3.30. The second-order valence-corrected chi connectivity index (χ2v) is 10.1. The van der Waals surface area contributed by atoms with Gasteiger partial charge in [-0.15, -0.1) is 0 Å². The second-order valence-electron chi connectivity index (χ2n) is 8.11. The standard InChI is InChI=1S/C20H28F3N3O3S/c1-30(28,29)26-11-2-4-17(15-26)19(27)25-10-3-9-24(12-13-25)14-16-5-7-18(8-6-16)20(21,22)23/h5-8,17H,2-4,9-15H2,1H3. The molecule has 1 aromatic rings. The Morgan fingerprint density at radius 2 is 1.73 bits per heavy atom. The summed E-state index contributed by atoms with van der Waals surface area (Å²) in [6.07, 6.45) is -1.03. The van der Waals surface area contributed by atoms with E-state index >= 15 is 0 Å². The van der Waals surface area contributed by atoms with Crippen LogP contribution in [0.4, 0.5) is 13.2 Å². The summed E-state index contributed by atoms with van der Waals surface area (Å²) >= 11 is 0. The van der Waals surface area contributed by atoms with E-state index in [1.807, 2.05) is 4.90 Å². The first-order valence-electron chi connectivity index (χ1n) is 10.2. The summed E-state index contributed by atoms with van der Waals surface area (Å²) in [4.78, 5) is 16.9. The Morgan fingerprint density at radius 3 is 2.37 bits per heavy atom. The van der Waals surface area contributed by atoms with Crippen LogP contribution in [0.5, 0.6) is 0 Å². The molecule has 1 atom stereocenters. The number of hydrogen-bond donors (Lipinski definition) is 0. The van der Waals surface area contributed by atoms with E-state index in [2.05, 4.69) is 4.90 Å². The van der Waals surface area contributed by atoms with Gasteiger partial charge in [-0.3, -0.25) is 9.69 Å². The Morgan fingerprint density at radius 1 is 1.03 bits per heavy atom. The molecule has 1 aromatic carbocycles. The molecule has 0 bridgehead atoms. The highest BCUT2D eigenvalue weighted by Gasteiger charge is 2.33. The number of halogens is 3. The molecular weight excluding hydrogens is 419 g/mol. The largest absolute Gasteiger partial charge is 0.416 e. The number of sulfonamides is 1. The summed E-state index contributed by atoms with van der Waals surface area (Å²) in [5, 5.41) is 0. The topological polar surface area (TPSA) is 60.9 Å². The Hall–Kier alpha value is -1.65. The maximum atomic E-state index is 13.0. The molecule has 6 nitrogen and oxygen atoms in total. The molecule has 3 rings (SSSR count). The fourth-order valence-electron chi connectivity index (χ4n) is 4.11. The zero-order chi connectivity index (χ0) is 21.9. The average Bonchev–Trinajstić information content (AvgIpc) is 2.92. The third-order valence-corrected chi connectivity index (χ3v) is 7.06. The number of benzene rings is 1. The normalized spacial score (nSPS) is 22.7. The lowest BCUT2D eigenvalue weighted by Crippen LogP contribution is -2.47. The van der Waals surface area contributed by atoms with E-state index in [9.17, 15) is 26.4 Å². The predicted molar refractivity (Wildman–Crippen MR) is 107 cm³/mol. The maximum absolute atomic E-state index is 13.0. The van der Waals surface area contributed by atoms with Crippen molar-refractivity contribution in [2.45, 2.75) is 32.0 Å². The monoisotopic (exact) mass is 447 g/mol. The van der Waals surface area contributed by atoms with Gasteiger partial charge in [0.05, 0.1) is 17.7 Å². The van der Waals surface area contributed by atoms with E-state index in [1.165, 1.54) is 22.7 Å². The van der Waals surface area contributed by atoms with Crippen LogP contribution in [-0.2, 0) is 27.5 Å². The number of carbonyl (C=O) groups is 1. The second kappa shape index (κ2) is 9.23. The summed E-state index contributed by atoms with van der Waals surface area (Å²) < 4.78 is 63.1. The van der Waals surface area contributed by atoms with E-state index in [-0.39, 0.29) is 18.4 Å². The van der Waals surface area contributed by atoms with E-state index in [0.717, 1.165) is 30.7 Å². The Kier molecular flexibility index (Phi) is 7.09. The molecule has 2 fully saturated rings. The van der Waals surface area contributed by atoms with Crippen LogP contribution in [0.2, 0.25) is 0 Å². The molecule has 2 saturated heterocycles. The average molecular weight is 448 g/mol. The van der Waals surface area contributed by atoms with Crippen molar-refractivity contribution in [3.63, 3.8) is 0 Å². The molecule has 2 aliphatic rings. The zero-order valence-electron chi connectivity index (χ0n) is 17.1. The number of amides is 1. The maximum Gasteiger partial charge on any atom is 0.416 e. The van der Waals surface area contributed by atoms with E-state index < -0.39 is 21.8 Å². The first-order valence-corrected chi connectivity index (χ1v) is 12.0. The van der Waals surface area contributed by atoms with Crippen molar-refractivity contribution in [1.82, 2.24) is 14.1 Å². The van der Waals surface area contributed by atoms with Crippen LogP contribution in [0.15, 0.2) is 24.3 Å². The van der Waals surface area contributed by atoms with Crippen molar-refractivity contribution in [2.24, 2.45) is 5.92 Å². The highest BCUT2D eigenvalue weighted by molar-refractivity contribution is 7.88. The molecule has 0 saturated carbocycles. The summed E-state index contributed by atoms with van der Waals surface area (Å²) in [6, 6.07) is 5.19. The van der Waals surface area contributed by atoms with Crippen LogP contribution < -0.4 is 0 Å². The molecule has 0 spiro atoms. The molecule has 0 aliphatic carbocycles. The van der Waals surface area contributed by atoms with Crippen molar-refractivity contribution in [2.75, 3.05) is 45.5 Å². The molecule has 0 N–H and O–H groups in total. The first kappa shape index (κ1) is 23.0. The fraction of sp³-hybridized carbons (Fsp3) is 0.650. The van der Waals surface area contributed by atoms with Gasteiger partial charge in [0.15, 0.2) is 0 Å². The smallest absolute Gasteiger partial charge is 0.341 e. The third kappa shape index (κ3) is 5.95. The summed E-state index contributed by atoms with van der Waals surface area (Å²) in [5.74, 6) is -0.310. The summed E-state index contributed by atoms with van der Waals surface area (Å²) in [5.41, 5.74) is 0.147. The molecule has 1 amide bonds. The molecule has 2 heterocycles. The van der Waals surface area contributed by atoms with Crippen molar-refractivity contribution < 1.29 is 26.4 Å². The van der Waals surface area contributed by atoms with Crippen molar-refractivity contribution >= 4 is 15.9 Å². The molecule has 0 aromatic heterocycles. The van der Waals surface area contributed by atoms with Crippen LogP contribution in [0.1, 0.15) is 30.4 Å². The van der Waals surface area contributed by atoms with Gasteiger partial charge < -0.3 is 4.90 Å². The van der Waals surface area contributed by atoms with Gasteiger partial charge in [-0.05, 0) is 37.0 Å². The SMILES string of the molecule is CS(=O)(=O)N1CCCC(C(=O)N2CCCN(Cc3ccc(C(F)(F)F)cc3)CC2)C1. The Balaban J connectivity index is 1.55. The fourth-order valence-corrected chi connectivity index (χ4v) is 5.02. The number of piperidine rings is 1. The number of alkyl halides is 3. The van der Waals surface area contributed by atoms with Crippen molar-refractivity contribution in [1.29, 1.82) is 0 Å². The Labute approximate surface area is 175 Å². The molecule has 168 valence electrons. The highest BCUT2D eigenvalue weighted by atomic mass is 32.2. The highest BCUT2D eigenvalue weighted by Crippen LogP contribution is 2.29. The summed E-state index contributed by atoms with van der Waals surface area (Å²) in [6.45, 7) is 3.77. The van der Waals surface area contributed by atoms with Gasteiger partial charge in [0.25, 0.3) is 0 Å². The van der Waals surface area contributed by atoms with Crippen LogP contribution in [-0.4, -0.2) is 74.0 Å². The van der Waals surface area contributed by atoms with Crippen LogP contribution in [0, 0.1) is 5.92 Å². The zero-order valence-corrected chi connectivity index (χ0v) is 17.9. The van der Waals surface area contributed by atoms with Gasteiger partial charge in [0.2, 0.25) is 15.9 Å². The Bertz CT molecular complexity index is 843. The van der Waals surface area contributed by atoms with Crippen LogP contribution in [0.25, 0.3) is 0 Å². The van der Waals surface area contributed by atoms with E-state index in [1.54, 1.807) is 0 Å². The third-order valence-electron chi connectivity index (χ3n) is 5.79. The number of rotatable bonds is 4. The van der Waals surface area contributed by atoms with E-state index in [4.69, 9.17) is 0 Å².